The number of halogens is 3. The molecule has 2 aromatic heterocycles. The van der Waals surface area contributed by atoms with Crippen LogP contribution in [0.25, 0.3) is 17.3 Å². The van der Waals surface area contributed by atoms with Gasteiger partial charge in [-0.15, -0.1) is 0 Å². The Morgan fingerprint density at radius 3 is 2.25 bits per heavy atom. The summed E-state index contributed by atoms with van der Waals surface area (Å²) in [5.41, 5.74) is 5.02. The van der Waals surface area contributed by atoms with Gasteiger partial charge in [0.25, 0.3) is 0 Å². The molecule has 0 saturated heterocycles. The van der Waals surface area contributed by atoms with Crippen molar-refractivity contribution in [1.82, 2.24) is 19.8 Å². The van der Waals surface area contributed by atoms with Crippen molar-refractivity contribution in [3.05, 3.63) is 161 Å². The Morgan fingerprint density at radius 2 is 1.54 bits per heavy atom. The van der Waals surface area contributed by atoms with E-state index >= 15 is 0 Å². The highest BCUT2D eigenvalue weighted by Gasteiger charge is 2.34. The zero-order chi connectivity index (χ0) is 33.5. The van der Waals surface area contributed by atoms with Crippen LogP contribution in [0.5, 0.6) is 0 Å². The molecule has 1 atom stereocenters. The molecule has 1 aliphatic rings. The molecule has 0 saturated carbocycles. The molecule has 3 aromatic carbocycles. The molecule has 242 valence electrons. The van der Waals surface area contributed by atoms with Gasteiger partial charge in [-0.1, -0.05) is 78.9 Å². The predicted molar refractivity (Wildman–Crippen MR) is 178 cm³/mol. The fourth-order valence-corrected chi connectivity index (χ4v) is 5.82. The van der Waals surface area contributed by atoms with Gasteiger partial charge < -0.3 is 9.80 Å². The fourth-order valence-electron chi connectivity index (χ4n) is 5.82. The van der Waals surface area contributed by atoms with Crippen molar-refractivity contribution in [2.75, 3.05) is 6.54 Å². The summed E-state index contributed by atoms with van der Waals surface area (Å²) in [7, 11) is 0. The number of alkyl halides is 3. The number of rotatable bonds is 9. The number of benzene rings is 3. The van der Waals surface area contributed by atoms with Crippen LogP contribution in [0.4, 0.5) is 13.2 Å². The highest BCUT2D eigenvalue weighted by atomic mass is 19.4. The minimum atomic E-state index is -4.46. The summed E-state index contributed by atoms with van der Waals surface area (Å²) in [6.45, 7) is 0.956. The van der Waals surface area contributed by atoms with Gasteiger partial charge in [0.1, 0.15) is 6.04 Å². The minimum absolute atomic E-state index is 0.130. The predicted octanol–water partition coefficient (Wildman–Crippen LogP) is 7.40. The van der Waals surface area contributed by atoms with E-state index in [2.05, 4.69) is 9.97 Å². The van der Waals surface area contributed by atoms with Gasteiger partial charge in [0.05, 0.1) is 23.5 Å². The van der Waals surface area contributed by atoms with Crippen molar-refractivity contribution in [3.8, 4) is 11.3 Å². The van der Waals surface area contributed by atoms with Gasteiger partial charge in [-0.25, -0.2) is 0 Å². The molecule has 2 amide bonds. The molecule has 5 aromatic rings. The van der Waals surface area contributed by atoms with Crippen LogP contribution in [0.1, 0.15) is 33.5 Å². The number of hydrogen-bond donors (Lipinski definition) is 0. The molecule has 6 rings (SSSR count). The number of carbonyl (C=O) groups is 2. The lowest BCUT2D eigenvalue weighted by atomic mass is 9.99. The van der Waals surface area contributed by atoms with Gasteiger partial charge >= 0.3 is 6.18 Å². The lowest BCUT2D eigenvalue weighted by Crippen LogP contribution is -2.52. The number of pyridine rings is 2. The van der Waals surface area contributed by atoms with E-state index in [4.69, 9.17) is 0 Å². The summed E-state index contributed by atoms with van der Waals surface area (Å²) < 4.78 is 39.4. The van der Waals surface area contributed by atoms with Crippen molar-refractivity contribution < 1.29 is 22.8 Å². The lowest BCUT2D eigenvalue weighted by molar-refractivity contribution is -0.144. The Bertz CT molecular complexity index is 1880. The number of aromatic nitrogens is 2. The van der Waals surface area contributed by atoms with Crippen LogP contribution >= 0.6 is 0 Å². The number of nitrogens with zero attached hydrogens (tertiary/aromatic N) is 4. The molecular formula is C39H33F3N4O2. The Labute approximate surface area is 277 Å². The Kier molecular flexibility index (Phi) is 9.75. The maximum absolute atomic E-state index is 14.5. The average Bonchev–Trinajstić information content (AvgIpc) is 3.12. The topological polar surface area (TPSA) is 66.4 Å². The van der Waals surface area contributed by atoms with E-state index in [0.717, 1.165) is 45.8 Å². The zero-order valence-corrected chi connectivity index (χ0v) is 26.1. The monoisotopic (exact) mass is 646 g/mol. The van der Waals surface area contributed by atoms with Crippen LogP contribution in [0.2, 0.25) is 0 Å². The quantitative estimate of drug-likeness (QED) is 0.157. The second-order valence-corrected chi connectivity index (χ2v) is 11.7. The standard InChI is InChI=1S/C39H33F3N4O2/c40-39(41,42)33-18-13-28(14-19-33)15-20-37(47)46(26-30-11-16-32(17-12-30)34-10-4-5-22-43-34)36(25-29-7-2-1-3-8-29)38(48)45-24-21-31-9-6-23-44-35(31)27-45/h1-20,22-23,36H,21,24-27H2. The first kappa shape index (κ1) is 32.4. The van der Waals surface area contributed by atoms with Crippen molar-refractivity contribution >= 4 is 17.9 Å². The van der Waals surface area contributed by atoms with Crippen LogP contribution in [-0.2, 0) is 41.7 Å². The first-order chi connectivity index (χ1) is 23.2. The molecular weight excluding hydrogens is 613 g/mol. The van der Waals surface area contributed by atoms with Gasteiger partial charge in [-0.3, -0.25) is 19.6 Å². The van der Waals surface area contributed by atoms with Crippen molar-refractivity contribution in [2.45, 2.75) is 38.1 Å². The molecule has 0 spiro atoms. The van der Waals surface area contributed by atoms with Crippen LogP contribution < -0.4 is 0 Å². The molecule has 0 N–H and O–H groups in total. The normalized spacial score (nSPS) is 13.6. The van der Waals surface area contributed by atoms with Crippen LogP contribution in [0, 0.1) is 0 Å². The summed E-state index contributed by atoms with van der Waals surface area (Å²) in [4.78, 5) is 40.8. The third kappa shape index (κ3) is 7.86. The first-order valence-electron chi connectivity index (χ1n) is 15.7. The maximum atomic E-state index is 14.5. The summed E-state index contributed by atoms with van der Waals surface area (Å²) >= 11 is 0. The largest absolute Gasteiger partial charge is 0.416 e. The fraction of sp³-hybridized carbons (Fsp3) is 0.179. The SMILES string of the molecule is O=C(C(Cc1ccccc1)N(Cc1ccc(-c2ccccn2)cc1)C(=O)C=Cc1ccc(C(F)(F)F)cc1)N1CCc2cccnc2C1. The van der Waals surface area contributed by atoms with Gasteiger partial charge in [0.15, 0.2) is 0 Å². The van der Waals surface area contributed by atoms with Gasteiger partial charge in [-0.2, -0.15) is 13.2 Å². The summed E-state index contributed by atoms with van der Waals surface area (Å²) in [6.07, 6.45) is 2.71. The smallest absolute Gasteiger partial charge is 0.335 e. The number of fused-ring (bicyclic) bond motifs is 1. The second-order valence-electron chi connectivity index (χ2n) is 11.7. The number of carbonyl (C=O) groups excluding carboxylic acids is 2. The molecule has 1 aliphatic heterocycles. The number of amides is 2. The van der Waals surface area contributed by atoms with Gasteiger partial charge in [0, 0.05) is 43.5 Å². The third-order valence-electron chi connectivity index (χ3n) is 8.43. The molecule has 0 bridgehead atoms. The average molecular weight is 647 g/mol. The van der Waals surface area contributed by atoms with E-state index in [1.165, 1.54) is 24.3 Å². The molecule has 48 heavy (non-hydrogen) atoms. The minimum Gasteiger partial charge on any atom is -0.335 e. The third-order valence-corrected chi connectivity index (χ3v) is 8.43. The van der Waals surface area contributed by atoms with E-state index in [-0.39, 0.29) is 18.9 Å². The summed E-state index contributed by atoms with van der Waals surface area (Å²) in [5.74, 6) is -0.634. The highest BCUT2D eigenvalue weighted by molar-refractivity contribution is 5.96. The molecule has 0 radical (unpaired) electrons. The van der Waals surface area contributed by atoms with Crippen LogP contribution in [0.3, 0.4) is 0 Å². The van der Waals surface area contributed by atoms with E-state index in [1.807, 2.05) is 84.9 Å². The zero-order valence-electron chi connectivity index (χ0n) is 26.1. The molecule has 0 aliphatic carbocycles. The second kappa shape index (κ2) is 14.5. The molecule has 6 nitrogen and oxygen atoms in total. The molecule has 0 fully saturated rings. The Morgan fingerprint density at radius 1 is 0.812 bits per heavy atom. The van der Waals surface area contributed by atoms with E-state index < -0.39 is 23.7 Å². The first-order valence-corrected chi connectivity index (χ1v) is 15.7. The van der Waals surface area contributed by atoms with Crippen molar-refractivity contribution in [2.24, 2.45) is 0 Å². The highest BCUT2D eigenvalue weighted by Crippen LogP contribution is 2.29. The lowest BCUT2D eigenvalue weighted by Gasteiger charge is -2.36. The summed E-state index contributed by atoms with van der Waals surface area (Å²) in [5, 5.41) is 0. The summed E-state index contributed by atoms with van der Waals surface area (Å²) in [6, 6.07) is 30.5. The molecule has 9 heteroatoms. The van der Waals surface area contributed by atoms with E-state index in [9.17, 15) is 22.8 Å². The number of hydrogen-bond acceptors (Lipinski definition) is 4. The Hall–Kier alpha value is -5.57. The van der Waals surface area contributed by atoms with Crippen molar-refractivity contribution in [1.29, 1.82) is 0 Å². The Balaban J connectivity index is 1.34. The van der Waals surface area contributed by atoms with Gasteiger partial charge in [0.2, 0.25) is 11.8 Å². The molecule has 1 unspecified atom stereocenters. The maximum Gasteiger partial charge on any atom is 0.416 e. The van der Waals surface area contributed by atoms with Crippen LogP contribution in [-0.4, -0.2) is 44.2 Å². The van der Waals surface area contributed by atoms with Crippen molar-refractivity contribution in [3.63, 3.8) is 0 Å². The van der Waals surface area contributed by atoms with E-state index in [1.54, 1.807) is 22.2 Å². The van der Waals surface area contributed by atoms with E-state index in [0.29, 0.717) is 25.1 Å². The van der Waals surface area contributed by atoms with Gasteiger partial charge in [-0.05, 0) is 65.1 Å². The molecule has 3 heterocycles. The van der Waals surface area contributed by atoms with Crippen LogP contribution in [0.15, 0.2) is 128 Å².